The highest BCUT2D eigenvalue weighted by molar-refractivity contribution is 7.12. The summed E-state index contributed by atoms with van der Waals surface area (Å²) in [5.41, 5.74) is 2.36. The molecule has 2 aromatic carbocycles. The number of rotatable bonds is 10. The zero-order valence-corrected chi connectivity index (χ0v) is 20.2. The highest BCUT2D eigenvalue weighted by Gasteiger charge is 2.23. The van der Waals surface area contributed by atoms with Gasteiger partial charge in [0.25, 0.3) is 5.91 Å². The van der Waals surface area contributed by atoms with Crippen molar-refractivity contribution in [3.8, 4) is 0 Å². The maximum atomic E-state index is 13.0. The van der Waals surface area contributed by atoms with Gasteiger partial charge in [-0.1, -0.05) is 66.7 Å². The Hall–Kier alpha value is -3.00. The molecule has 1 saturated heterocycles. The van der Waals surface area contributed by atoms with E-state index in [0.29, 0.717) is 17.8 Å². The van der Waals surface area contributed by atoms with Gasteiger partial charge in [-0.15, -0.1) is 11.3 Å². The number of hydrogen-bond acceptors (Lipinski definition) is 5. The van der Waals surface area contributed by atoms with E-state index in [1.807, 2.05) is 47.8 Å². The molecule has 1 aromatic heterocycles. The molecule has 1 aliphatic rings. The van der Waals surface area contributed by atoms with Crippen LogP contribution in [-0.2, 0) is 17.8 Å². The van der Waals surface area contributed by atoms with Crippen LogP contribution in [0, 0.1) is 0 Å². The van der Waals surface area contributed by atoms with Crippen LogP contribution >= 0.6 is 11.3 Å². The summed E-state index contributed by atoms with van der Waals surface area (Å²) in [4.78, 5) is 31.1. The van der Waals surface area contributed by atoms with E-state index in [1.165, 1.54) is 16.9 Å². The van der Waals surface area contributed by atoms with E-state index in [1.54, 1.807) is 6.07 Å². The summed E-state index contributed by atoms with van der Waals surface area (Å²) in [7, 11) is 0. The van der Waals surface area contributed by atoms with Gasteiger partial charge in [0.05, 0.1) is 4.88 Å². The topological polar surface area (TPSA) is 64.7 Å². The molecule has 178 valence electrons. The van der Waals surface area contributed by atoms with Crippen LogP contribution in [0.2, 0.25) is 0 Å². The summed E-state index contributed by atoms with van der Waals surface area (Å²) in [6.45, 7) is 6.39. The number of carbonyl (C=O) groups excluding carboxylic acids is 2. The van der Waals surface area contributed by atoms with Crippen LogP contribution in [0.1, 0.15) is 20.8 Å². The van der Waals surface area contributed by atoms with Gasteiger partial charge < -0.3 is 10.6 Å². The van der Waals surface area contributed by atoms with E-state index in [2.05, 4.69) is 44.7 Å². The van der Waals surface area contributed by atoms with Gasteiger partial charge in [-0.2, -0.15) is 0 Å². The fourth-order valence-electron chi connectivity index (χ4n) is 4.17. The first-order valence-electron chi connectivity index (χ1n) is 11.8. The molecular formula is C27H32N4O2S. The number of carbonyl (C=O) groups is 2. The van der Waals surface area contributed by atoms with Gasteiger partial charge in [0.2, 0.25) is 5.91 Å². The predicted octanol–water partition coefficient (Wildman–Crippen LogP) is 3.02. The minimum Gasteiger partial charge on any atom is -0.353 e. The monoisotopic (exact) mass is 476 g/mol. The van der Waals surface area contributed by atoms with Crippen molar-refractivity contribution in [1.29, 1.82) is 0 Å². The molecule has 0 bridgehead atoms. The molecule has 1 atom stereocenters. The molecule has 1 aliphatic heterocycles. The quantitative estimate of drug-likeness (QED) is 0.472. The molecule has 0 spiro atoms. The van der Waals surface area contributed by atoms with E-state index in [-0.39, 0.29) is 11.8 Å². The van der Waals surface area contributed by atoms with Crippen LogP contribution in [-0.4, -0.2) is 66.9 Å². The summed E-state index contributed by atoms with van der Waals surface area (Å²) in [6.07, 6.45) is 0.460. The summed E-state index contributed by atoms with van der Waals surface area (Å²) in [5, 5.41) is 7.83. The van der Waals surface area contributed by atoms with Crippen LogP contribution in [0.15, 0.2) is 78.2 Å². The van der Waals surface area contributed by atoms with Crippen molar-refractivity contribution in [2.24, 2.45) is 0 Å². The Bertz CT molecular complexity index is 1020. The van der Waals surface area contributed by atoms with Crippen molar-refractivity contribution in [1.82, 2.24) is 20.4 Å². The van der Waals surface area contributed by atoms with Crippen molar-refractivity contribution in [2.45, 2.75) is 19.0 Å². The van der Waals surface area contributed by atoms with Crippen LogP contribution in [0.5, 0.6) is 0 Å². The van der Waals surface area contributed by atoms with Gasteiger partial charge in [0.1, 0.15) is 6.04 Å². The van der Waals surface area contributed by atoms with Crippen molar-refractivity contribution in [2.75, 3.05) is 39.3 Å². The van der Waals surface area contributed by atoms with Crippen molar-refractivity contribution >= 4 is 23.2 Å². The Labute approximate surface area is 205 Å². The van der Waals surface area contributed by atoms with Gasteiger partial charge in [-0.25, -0.2) is 0 Å². The van der Waals surface area contributed by atoms with Crippen LogP contribution < -0.4 is 10.6 Å². The molecule has 4 rings (SSSR count). The first-order chi connectivity index (χ1) is 16.7. The Balaban J connectivity index is 1.24. The third kappa shape index (κ3) is 7.25. The van der Waals surface area contributed by atoms with E-state index in [4.69, 9.17) is 0 Å². The fraction of sp³-hybridized carbons (Fsp3) is 0.333. The molecule has 1 unspecified atom stereocenters. The number of piperazine rings is 1. The minimum absolute atomic E-state index is 0.142. The van der Waals surface area contributed by atoms with Gasteiger partial charge >= 0.3 is 0 Å². The number of nitrogens with zero attached hydrogens (tertiary/aromatic N) is 2. The Kier molecular flexibility index (Phi) is 8.84. The molecule has 0 saturated carbocycles. The van der Waals surface area contributed by atoms with Crippen molar-refractivity contribution in [3.05, 3.63) is 94.2 Å². The first-order valence-corrected chi connectivity index (χ1v) is 12.7. The van der Waals surface area contributed by atoms with Crippen molar-refractivity contribution < 1.29 is 9.59 Å². The SMILES string of the molecule is O=C(NC(Cc1ccccc1)C(=O)NCCN1CCN(Cc2ccccc2)CC1)c1cccs1. The summed E-state index contributed by atoms with van der Waals surface area (Å²) >= 11 is 1.37. The molecule has 0 aliphatic carbocycles. The molecule has 3 aromatic rings. The van der Waals surface area contributed by atoms with Crippen LogP contribution in [0.4, 0.5) is 0 Å². The zero-order chi connectivity index (χ0) is 23.6. The number of benzene rings is 2. The molecule has 34 heavy (non-hydrogen) atoms. The van der Waals surface area contributed by atoms with E-state index in [9.17, 15) is 9.59 Å². The third-order valence-electron chi connectivity index (χ3n) is 6.09. The molecule has 2 heterocycles. The summed E-state index contributed by atoms with van der Waals surface area (Å²) in [5.74, 6) is -0.350. The lowest BCUT2D eigenvalue weighted by Crippen LogP contribution is -2.51. The third-order valence-corrected chi connectivity index (χ3v) is 6.96. The lowest BCUT2D eigenvalue weighted by atomic mass is 10.1. The Morgan fingerprint density at radius 1 is 0.824 bits per heavy atom. The average molecular weight is 477 g/mol. The normalized spacial score (nSPS) is 15.5. The molecule has 2 N–H and O–H groups in total. The van der Waals surface area contributed by atoms with Crippen molar-refractivity contribution in [3.63, 3.8) is 0 Å². The second-order valence-corrected chi connectivity index (χ2v) is 9.54. The van der Waals surface area contributed by atoms with E-state index in [0.717, 1.165) is 44.8 Å². The first kappa shape index (κ1) is 24.1. The Morgan fingerprint density at radius 3 is 2.12 bits per heavy atom. The highest BCUT2D eigenvalue weighted by Crippen LogP contribution is 2.11. The average Bonchev–Trinajstić information content (AvgIpc) is 3.41. The molecular weight excluding hydrogens is 444 g/mol. The zero-order valence-electron chi connectivity index (χ0n) is 19.4. The second-order valence-electron chi connectivity index (χ2n) is 8.59. The number of thiophene rings is 1. The van der Waals surface area contributed by atoms with E-state index >= 15 is 0 Å². The summed E-state index contributed by atoms with van der Waals surface area (Å²) in [6, 6.07) is 23.4. The second kappa shape index (κ2) is 12.5. The molecule has 0 radical (unpaired) electrons. The Morgan fingerprint density at radius 2 is 1.47 bits per heavy atom. The van der Waals surface area contributed by atoms with Gasteiger partial charge in [0, 0.05) is 52.2 Å². The largest absolute Gasteiger partial charge is 0.353 e. The molecule has 7 heteroatoms. The summed E-state index contributed by atoms with van der Waals surface area (Å²) < 4.78 is 0. The van der Waals surface area contributed by atoms with Gasteiger partial charge in [-0.3, -0.25) is 19.4 Å². The number of amides is 2. The minimum atomic E-state index is -0.611. The number of nitrogens with one attached hydrogen (secondary N) is 2. The molecule has 6 nitrogen and oxygen atoms in total. The maximum absolute atomic E-state index is 13.0. The van der Waals surface area contributed by atoms with Crippen LogP contribution in [0.25, 0.3) is 0 Å². The highest BCUT2D eigenvalue weighted by atomic mass is 32.1. The lowest BCUT2D eigenvalue weighted by molar-refractivity contribution is -0.123. The fourth-order valence-corrected chi connectivity index (χ4v) is 4.80. The predicted molar refractivity (Wildman–Crippen MR) is 137 cm³/mol. The van der Waals surface area contributed by atoms with E-state index < -0.39 is 6.04 Å². The lowest BCUT2D eigenvalue weighted by Gasteiger charge is -2.34. The molecule has 1 fully saturated rings. The van der Waals surface area contributed by atoms with Gasteiger partial charge in [0.15, 0.2) is 0 Å². The maximum Gasteiger partial charge on any atom is 0.262 e. The smallest absolute Gasteiger partial charge is 0.262 e. The molecule has 2 amide bonds. The number of hydrogen-bond donors (Lipinski definition) is 2. The van der Waals surface area contributed by atoms with Crippen LogP contribution in [0.3, 0.4) is 0 Å². The standard InChI is InChI=1S/C27H32N4O2S/c32-26(24(20-22-8-3-1-4-9-22)29-27(33)25-12-7-19-34-25)28-13-14-30-15-17-31(18-16-30)21-23-10-5-2-6-11-23/h1-12,19,24H,13-18,20-21H2,(H,28,32)(H,29,33). The van der Waals surface area contributed by atoms with Gasteiger partial charge in [-0.05, 0) is 22.6 Å².